The van der Waals surface area contributed by atoms with Gasteiger partial charge in [-0.3, -0.25) is 0 Å². The first kappa shape index (κ1) is 14.7. The van der Waals surface area contributed by atoms with Crippen molar-refractivity contribution >= 4 is 11.1 Å². The van der Waals surface area contributed by atoms with Crippen molar-refractivity contribution in [2.45, 2.75) is 0 Å². The highest BCUT2D eigenvalue weighted by Crippen LogP contribution is 2.06. The molecule has 0 aliphatic rings. The standard InChI is InChI=1S/C12F4N4/c13-9-7(5(1-17)2-18)10(14)12(16)8(11(9)15)6(3-19)4-20/i1+1,2+1,3+1,4+1. The van der Waals surface area contributed by atoms with Gasteiger partial charge in [0.15, 0.2) is 23.3 Å². The Hall–Kier alpha value is -3.36. The van der Waals surface area contributed by atoms with Crippen LogP contribution in [-0.2, 0) is 0 Å². The average Bonchev–Trinajstić information content (AvgIpc) is 2.46. The van der Waals surface area contributed by atoms with Crippen LogP contribution in [-0.4, -0.2) is 0 Å². The van der Waals surface area contributed by atoms with Crippen LogP contribution < -0.4 is 10.4 Å². The van der Waals surface area contributed by atoms with E-state index < -0.39 is 44.9 Å². The zero-order chi connectivity index (χ0) is 15.4. The van der Waals surface area contributed by atoms with E-state index >= 15 is 0 Å². The Morgan fingerprint density at radius 3 is 0.900 bits per heavy atom. The lowest BCUT2D eigenvalue weighted by Gasteiger charge is -2.01. The molecule has 96 valence electrons. The quantitative estimate of drug-likeness (QED) is 0.396. The highest BCUT2D eigenvalue weighted by Gasteiger charge is 2.22. The summed E-state index contributed by atoms with van der Waals surface area (Å²) in [5, 5.41) is 31.0. The summed E-state index contributed by atoms with van der Waals surface area (Å²) in [6.45, 7) is 0. The first-order valence-corrected chi connectivity index (χ1v) is 4.65. The lowest BCUT2D eigenvalue weighted by molar-refractivity contribution is 0.434. The summed E-state index contributed by atoms with van der Waals surface area (Å²) >= 11 is 0. The number of nitrogens with zero attached hydrogens (tertiary/aromatic N) is 4. The molecule has 1 rings (SSSR count). The molecule has 4 nitrogen and oxygen atoms in total. The van der Waals surface area contributed by atoms with Crippen LogP contribution in [0.25, 0.3) is 11.1 Å². The summed E-state index contributed by atoms with van der Waals surface area (Å²) in [6.07, 6.45) is 0. The van der Waals surface area contributed by atoms with E-state index in [1.165, 1.54) is 0 Å². The summed E-state index contributed by atoms with van der Waals surface area (Å²) in [5.41, 5.74) is -2.36. The molecule has 1 aromatic rings. The molecule has 0 aromatic heterocycles. The molecule has 0 aliphatic heterocycles. The highest BCUT2D eigenvalue weighted by molar-refractivity contribution is 5.74. The second kappa shape index (κ2) is 5.52. The molecule has 0 spiro atoms. The molecule has 0 fully saturated rings. The molecule has 0 saturated heterocycles. The fourth-order valence-corrected chi connectivity index (χ4v) is 1.34. The van der Waals surface area contributed by atoms with Gasteiger partial charge in [-0.05, 0) is 0 Å². The molecule has 0 N–H and O–H groups in total. The molecule has 0 bridgehead atoms. The van der Waals surface area contributed by atoms with Gasteiger partial charge in [-0.15, -0.1) is 0 Å². The SMILES string of the molecule is N#[13C]C([13C]#N)=c1c(F)c(F)c(=C([13C]#N)[13C]#N)c(F)c1F. The predicted molar refractivity (Wildman–Crippen MR) is 54.8 cm³/mol. The highest BCUT2D eigenvalue weighted by atomic mass is 19.2. The van der Waals surface area contributed by atoms with Crippen molar-refractivity contribution < 1.29 is 17.6 Å². The first-order valence-electron chi connectivity index (χ1n) is 4.65. The lowest BCUT2D eigenvalue weighted by Crippen LogP contribution is -2.31. The smallest absolute Gasteiger partial charge is 0.171 e. The molecule has 20 heavy (non-hydrogen) atoms. The van der Waals surface area contributed by atoms with E-state index in [0.717, 1.165) is 24.3 Å². The molecular weight excluding hydrogens is 280 g/mol. The minimum absolute atomic E-state index is 1.09. The Bertz CT molecular complexity index is 746. The van der Waals surface area contributed by atoms with E-state index in [2.05, 4.69) is 0 Å². The van der Waals surface area contributed by atoms with E-state index in [0.29, 0.717) is 0 Å². The number of rotatable bonds is 0. The van der Waals surface area contributed by atoms with E-state index in [4.69, 9.17) is 21.0 Å². The fraction of sp³-hybridized carbons (Fsp3) is 0. The largest absolute Gasteiger partial charge is 0.203 e. The monoisotopic (exact) mass is 280 g/mol. The van der Waals surface area contributed by atoms with E-state index in [9.17, 15) is 17.6 Å². The van der Waals surface area contributed by atoms with Gasteiger partial charge >= 0.3 is 0 Å². The summed E-state index contributed by atoms with van der Waals surface area (Å²) in [4.78, 5) is 0. The molecule has 0 heterocycles. The van der Waals surface area contributed by atoms with Gasteiger partial charge in [0.1, 0.15) is 35.4 Å². The van der Waals surface area contributed by atoms with E-state index in [1.54, 1.807) is 0 Å². The van der Waals surface area contributed by atoms with Crippen LogP contribution in [0.15, 0.2) is 0 Å². The predicted octanol–water partition coefficient (Wildman–Crippen LogP) is 0.639. The third-order valence-corrected chi connectivity index (χ3v) is 2.21. The maximum Gasteiger partial charge on any atom is 0.171 e. The van der Waals surface area contributed by atoms with Gasteiger partial charge in [0.25, 0.3) is 0 Å². The van der Waals surface area contributed by atoms with Gasteiger partial charge in [0, 0.05) is 0 Å². The Morgan fingerprint density at radius 1 is 0.550 bits per heavy atom. The number of hydrogen-bond donors (Lipinski definition) is 0. The third-order valence-electron chi connectivity index (χ3n) is 2.21. The third kappa shape index (κ3) is 2.03. The van der Waals surface area contributed by atoms with Crippen molar-refractivity contribution in [3.05, 3.63) is 33.7 Å². The van der Waals surface area contributed by atoms with Gasteiger partial charge in [-0.1, -0.05) is 0 Å². The number of nitriles is 4. The van der Waals surface area contributed by atoms with Crippen LogP contribution in [0.5, 0.6) is 0 Å². The maximum atomic E-state index is 13.6. The van der Waals surface area contributed by atoms with Gasteiger partial charge in [-0.25, -0.2) is 17.6 Å². The van der Waals surface area contributed by atoms with Gasteiger partial charge < -0.3 is 0 Å². The van der Waals surface area contributed by atoms with Crippen molar-refractivity contribution in [3.8, 4) is 24.3 Å². The van der Waals surface area contributed by atoms with Crippen LogP contribution >= 0.6 is 0 Å². The Labute approximate surface area is 108 Å². The topological polar surface area (TPSA) is 95.2 Å². The maximum absolute atomic E-state index is 13.6. The van der Waals surface area contributed by atoms with E-state index in [-0.39, 0.29) is 0 Å². The average molecular weight is 280 g/mol. The number of hydrogen-bond acceptors (Lipinski definition) is 4. The van der Waals surface area contributed by atoms with Crippen LogP contribution in [0, 0.1) is 68.6 Å². The van der Waals surface area contributed by atoms with E-state index in [1.807, 2.05) is 0 Å². The molecule has 1 aromatic carbocycles. The summed E-state index contributed by atoms with van der Waals surface area (Å²) in [7, 11) is 0. The fourth-order valence-electron chi connectivity index (χ4n) is 1.34. The van der Waals surface area contributed by atoms with Gasteiger partial charge in [0.2, 0.25) is 0 Å². The molecule has 0 radical (unpaired) electrons. The lowest BCUT2D eigenvalue weighted by atomic mass is 10.1. The molecule has 0 atom stereocenters. The normalized spacial score (nSPS) is 8.80. The van der Waals surface area contributed by atoms with Crippen molar-refractivity contribution in [1.29, 1.82) is 21.0 Å². The molecule has 0 amide bonds. The summed E-state index contributed by atoms with van der Waals surface area (Å²) in [6, 6.07) is 4.34. The summed E-state index contributed by atoms with van der Waals surface area (Å²) < 4.78 is 54.5. The number of benzene rings is 1. The van der Waals surface area contributed by atoms with Crippen LogP contribution in [0.4, 0.5) is 17.6 Å². The van der Waals surface area contributed by atoms with Gasteiger partial charge in [0.05, 0.1) is 10.4 Å². The minimum Gasteiger partial charge on any atom is -0.203 e. The molecular formula is C12F4N4. The Balaban J connectivity index is 4.35. The van der Waals surface area contributed by atoms with Crippen molar-refractivity contribution in [3.63, 3.8) is 0 Å². The zero-order valence-corrected chi connectivity index (χ0v) is 9.30. The van der Waals surface area contributed by atoms with Crippen LogP contribution in [0.2, 0.25) is 0 Å². The van der Waals surface area contributed by atoms with Gasteiger partial charge in [-0.2, -0.15) is 21.0 Å². The molecule has 8 heteroatoms. The Kier molecular flexibility index (Phi) is 4.06. The van der Waals surface area contributed by atoms with Crippen molar-refractivity contribution in [2.75, 3.05) is 0 Å². The van der Waals surface area contributed by atoms with Crippen molar-refractivity contribution in [1.82, 2.24) is 0 Å². The number of halogens is 4. The molecule has 0 aliphatic carbocycles. The van der Waals surface area contributed by atoms with Crippen LogP contribution in [0.3, 0.4) is 0 Å². The second-order valence-electron chi connectivity index (χ2n) is 3.20. The molecule has 0 unspecified atom stereocenters. The minimum atomic E-state index is -2.03. The first-order chi connectivity index (χ1) is 9.44. The Morgan fingerprint density at radius 2 is 0.750 bits per heavy atom. The van der Waals surface area contributed by atoms with Crippen LogP contribution in [0.1, 0.15) is 0 Å². The summed E-state index contributed by atoms with van der Waals surface area (Å²) in [5.74, 6) is -8.11. The zero-order valence-electron chi connectivity index (χ0n) is 9.30. The second-order valence-corrected chi connectivity index (χ2v) is 3.20. The van der Waals surface area contributed by atoms with Crippen molar-refractivity contribution in [2.24, 2.45) is 0 Å². The molecule has 0 saturated carbocycles.